The lowest BCUT2D eigenvalue weighted by Crippen LogP contribution is -1.96. The van der Waals surface area contributed by atoms with Crippen LogP contribution in [-0.2, 0) is 0 Å². The maximum Gasteiger partial charge on any atom is 0.125 e. The number of hydrogen-bond donors (Lipinski definition) is 0. The van der Waals surface area contributed by atoms with Crippen molar-refractivity contribution in [2.24, 2.45) is 0 Å². The lowest BCUT2D eigenvalue weighted by atomic mass is 10.1. The Bertz CT molecular complexity index is 2100. The van der Waals surface area contributed by atoms with Crippen LogP contribution in [0.3, 0.4) is 0 Å². The fourth-order valence-corrected chi connectivity index (χ4v) is 6.96. The summed E-state index contributed by atoms with van der Waals surface area (Å²) in [4.78, 5) is 14.3. The zero-order valence-corrected chi connectivity index (χ0v) is 22.3. The molecule has 0 fully saturated rings. The van der Waals surface area contributed by atoms with Gasteiger partial charge in [-0.3, -0.25) is 4.98 Å². The van der Waals surface area contributed by atoms with E-state index in [9.17, 15) is 0 Å². The lowest BCUT2D eigenvalue weighted by molar-refractivity contribution is 1.18. The number of fused-ring (bicyclic) bond motifs is 4. The van der Waals surface area contributed by atoms with Crippen LogP contribution in [0.5, 0.6) is 0 Å². The van der Waals surface area contributed by atoms with Gasteiger partial charge in [0.1, 0.15) is 10.0 Å². The Labute approximate surface area is 232 Å². The summed E-state index contributed by atoms with van der Waals surface area (Å²) >= 11 is 3.36. The van der Waals surface area contributed by atoms with Crippen LogP contribution in [-0.4, -0.2) is 19.5 Å². The van der Waals surface area contributed by atoms with Crippen molar-refractivity contribution in [1.82, 2.24) is 19.5 Å². The Morgan fingerprint density at radius 2 is 1.51 bits per heavy atom. The molecule has 0 aliphatic heterocycles. The van der Waals surface area contributed by atoms with Gasteiger partial charge in [0.25, 0.3) is 0 Å². The molecular weight excluding hydrogens is 517 g/mol. The second-order valence-electron chi connectivity index (χ2n) is 9.36. The first-order valence-corrected chi connectivity index (χ1v) is 14.4. The van der Waals surface area contributed by atoms with Crippen LogP contribution in [0.2, 0.25) is 0 Å². The molecule has 4 nitrogen and oxygen atoms in total. The Hall–Kier alpha value is -4.65. The van der Waals surface area contributed by atoms with E-state index in [1.807, 2.05) is 29.9 Å². The van der Waals surface area contributed by atoms with Crippen LogP contribution in [0.1, 0.15) is 0 Å². The molecule has 0 aliphatic rings. The number of thiazole rings is 2. The smallest absolute Gasteiger partial charge is 0.125 e. The van der Waals surface area contributed by atoms with E-state index in [1.54, 1.807) is 22.7 Å². The van der Waals surface area contributed by atoms with Crippen molar-refractivity contribution < 1.29 is 0 Å². The number of nitrogens with zero attached hydrogens (tertiary/aromatic N) is 4. The highest BCUT2D eigenvalue weighted by Crippen LogP contribution is 2.38. The Morgan fingerprint density at radius 1 is 0.615 bits per heavy atom. The predicted octanol–water partition coefficient (Wildman–Crippen LogP) is 9.25. The normalized spacial score (nSPS) is 11.6. The van der Waals surface area contributed by atoms with Gasteiger partial charge in [0.15, 0.2) is 0 Å². The molecule has 0 atom stereocenters. The fraction of sp³-hybridized carbons (Fsp3) is 0. The second-order valence-corrected chi connectivity index (χ2v) is 11.3. The molecular formula is C33H20N4S2. The molecule has 4 aromatic carbocycles. The van der Waals surface area contributed by atoms with Gasteiger partial charge in [-0.1, -0.05) is 54.6 Å². The summed E-state index contributed by atoms with van der Waals surface area (Å²) in [6, 6.07) is 36.4. The highest BCUT2D eigenvalue weighted by atomic mass is 32.1. The first-order chi connectivity index (χ1) is 19.3. The van der Waals surface area contributed by atoms with E-state index in [0.717, 1.165) is 49.1 Å². The lowest BCUT2D eigenvalue weighted by Gasteiger charge is -2.12. The molecule has 39 heavy (non-hydrogen) atoms. The van der Waals surface area contributed by atoms with Crippen molar-refractivity contribution in [3.8, 4) is 38.1 Å². The van der Waals surface area contributed by atoms with E-state index >= 15 is 0 Å². The van der Waals surface area contributed by atoms with E-state index in [-0.39, 0.29) is 0 Å². The third kappa shape index (κ3) is 3.68. The van der Waals surface area contributed by atoms with E-state index in [1.165, 1.54) is 21.0 Å². The molecule has 0 radical (unpaired) electrons. The molecule has 0 unspecified atom stereocenters. The summed E-state index contributed by atoms with van der Waals surface area (Å²) in [7, 11) is 0. The predicted molar refractivity (Wildman–Crippen MR) is 164 cm³/mol. The third-order valence-corrected chi connectivity index (χ3v) is 8.95. The van der Waals surface area contributed by atoms with Gasteiger partial charge >= 0.3 is 0 Å². The molecule has 8 rings (SSSR count). The summed E-state index contributed by atoms with van der Waals surface area (Å²) in [6.07, 6.45) is 3.69. The van der Waals surface area contributed by atoms with Gasteiger partial charge in [-0.2, -0.15) is 0 Å². The van der Waals surface area contributed by atoms with Crippen LogP contribution < -0.4 is 0 Å². The minimum Gasteiger partial charge on any atom is -0.309 e. The number of benzene rings is 4. The average molecular weight is 537 g/mol. The van der Waals surface area contributed by atoms with Gasteiger partial charge in [0.05, 0.1) is 26.9 Å². The molecule has 0 aliphatic carbocycles. The first-order valence-electron chi connectivity index (χ1n) is 12.7. The van der Waals surface area contributed by atoms with Gasteiger partial charge in [-0.15, -0.1) is 22.7 Å². The molecule has 6 heteroatoms. The molecule has 4 aromatic heterocycles. The van der Waals surface area contributed by atoms with Crippen molar-refractivity contribution in [2.75, 3.05) is 0 Å². The quantitative estimate of drug-likeness (QED) is 0.225. The van der Waals surface area contributed by atoms with Crippen molar-refractivity contribution in [3.63, 3.8) is 0 Å². The Kier molecular flexibility index (Phi) is 5.14. The fourth-order valence-electron chi connectivity index (χ4n) is 5.33. The van der Waals surface area contributed by atoms with Crippen molar-refractivity contribution in [1.29, 1.82) is 0 Å². The molecule has 0 spiro atoms. The van der Waals surface area contributed by atoms with Crippen LogP contribution in [0.15, 0.2) is 121 Å². The molecule has 8 aromatic rings. The molecule has 4 heterocycles. The molecule has 0 bridgehead atoms. The minimum atomic E-state index is 0.935. The minimum absolute atomic E-state index is 0.935. The second kappa shape index (κ2) is 8.98. The van der Waals surface area contributed by atoms with Crippen LogP contribution in [0, 0.1) is 0 Å². The van der Waals surface area contributed by atoms with Crippen molar-refractivity contribution in [3.05, 3.63) is 121 Å². The number of para-hydroxylation sites is 2. The SMILES string of the molecule is c1cc(-c2ncccc2-c2nccs2)cc(-n2c3ccccc3c3ccc(-c4nc5ccccc5s4)cc32)c1. The van der Waals surface area contributed by atoms with Crippen LogP contribution >= 0.6 is 22.7 Å². The molecule has 0 N–H and O–H groups in total. The highest BCUT2D eigenvalue weighted by Gasteiger charge is 2.16. The number of hydrogen-bond acceptors (Lipinski definition) is 5. The van der Waals surface area contributed by atoms with E-state index in [0.29, 0.717) is 0 Å². The standard InChI is InChI=1S/C33H20N4S2/c1-3-12-28-24(9-1)25-15-14-22(32-36-27-11-2-4-13-30(27)39-32)20-29(25)37(28)23-8-5-7-21(19-23)31-26(10-6-16-34-31)33-35-17-18-38-33/h1-20H. The first kappa shape index (κ1) is 22.3. The van der Waals surface area contributed by atoms with E-state index < -0.39 is 0 Å². The van der Waals surface area contributed by atoms with Crippen molar-refractivity contribution in [2.45, 2.75) is 0 Å². The average Bonchev–Trinajstić information content (AvgIpc) is 3.75. The van der Waals surface area contributed by atoms with Gasteiger partial charge in [-0.25, -0.2) is 9.97 Å². The number of pyridine rings is 1. The summed E-state index contributed by atoms with van der Waals surface area (Å²) in [5, 5.41) is 6.47. The maximum absolute atomic E-state index is 4.93. The third-order valence-electron chi connectivity index (χ3n) is 7.06. The van der Waals surface area contributed by atoms with Crippen molar-refractivity contribution >= 4 is 54.7 Å². The van der Waals surface area contributed by atoms with Gasteiger partial charge in [-0.05, 0) is 48.5 Å². The Morgan fingerprint density at radius 3 is 2.44 bits per heavy atom. The largest absolute Gasteiger partial charge is 0.309 e. The van der Waals surface area contributed by atoms with E-state index in [4.69, 9.17) is 9.97 Å². The number of aromatic nitrogens is 4. The van der Waals surface area contributed by atoms with Gasteiger partial charge < -0.3 is 4.57 Å². The zero-order chi connectivity index (χ0) is 25.8. The number of rotatable bonds is 4. The summed E-state index contributed by atoms with van der Waals surface area (Å²) in [6.45, 7) is 0. The Balaban J connectivity index is 1.35. The highest BCUT2D eigenvalue weighted by molar-refractivity contribution is 7.21. The topological polar surface area (TPSA) is 43.6 Å². The zero-order valence-electron chi connectivity index (χ0n) is 20.7. The molecule has 0 saturated carbocycles. The van der Waals surface area contributed by atoms with Gasteiger partial charge in [0.2, 0.25) is 0 Å². The van der Waals surface area contributed by atoms with Gasteiger partial charge in [0, 0.05) is 50.9 Å². The summed E-state index contributed by atoms with van der Waals surface area (Å²) in [5.41, 5.74) is 8.63. The van der Waals surface area contributed by atoms with Crippen LogP contribution in [0.25, 0.3) is 70.1 Å². The maximum atomic E-state index is 4.93. The molecule has 184 valence electrons. The molecule has 0 saturated heterocycles. The molecule has 0 amide bonds. The summed E-state index contributed by atoms with van der Waals surface area (Å²) in [5.74, 6) is 0. The summed E-state index contributed by atoms with van der Waals surface area (Å²) < 4.78 is 3.56. The van der Waals surface area contributed by atoms with E-state index in [2.05, 4.69) is 101 Å². The van der Waals surface area contributed by atoms with Crippen LogP contribution in [0.4, 0.5) is 0 Å². The monoisotopic (exact) mass is 536 g/mol.